The summed E-state index contributed by atoms with van der Waals surface area (Å²) in [5.74, 6) is 0.154. The first-order valence-corrected chi connectivity index (χ1v) is 7.42. The average Bonchev–Trinajstić information content (AvgIpc) is 2.44. The minimum Gasteiger partial charge on any atom is -0.360 e. The van der Waals surface area contributed by atoms with Gasteiger partial charge in [0.1, 0.15) is 5.82 Å². The predicted octanol–water partition coefficient (Wildman–Crippen LogP) is 2.14. The Morgan fingerprint density at radius 2 is 2.10 bits per heavy atom. The Morgan fingerprint density at radius 1 is 1.38 bits per heavy atom. The topological polar surface area (TPSA) is 44.4 Å². The van der Waals surface area contributed by atoms with Gasteiger partial charge < -0.3 is 15.5 Å². The lowest BCUT2D eigenvalue weighted by molar-refractivity contribution is -0.119. The standard InChI is InChI=1S/C16H26FN3O/c1-5-20(11-16(21)18-4)15-7-6-13(8-14(15)17)10-19-9-12(2)3/h6-8,12,19H,5,9-11H2,1-4H3,(H,18,21). The van der Waals surface area contributed by atoms with Crippen LogP contribution in [0.25, 0.3) is 0 Å². The molecule has 0 aliphatic rings. The third kappa shape index (κ3) is 5.71. The Morgan fingerprint density at radius 3 is 2.62 bits per heavy atom. The summed E-state index contributed by atoms with van der Waals surface area (Å²) in [7, 11) is 1.58. The summed E-state index contributed by atoms with van der Waals surface area (Å²) < 4.78 is 14.2. The van der Waals surface area contributed by atoms with Gasteiger partial charge in [0.2, 0.25) is 5.91 Å². The molecule has 5 heteroatoms. The van der Waals surface area contributed by atoms with Crippen LogP contribution in [0.3, 0.4) is 0 Å². The number of nitrogens with zero attached hydrogens (tertiary/aromatic N) is 1. The maximum Gasteiger partial charge on any atom is 0.239 e. The average molecular weight is 295 g/mol. The van der Waals surface area contributed by atoms with Crippen LogP contribution in [0.1, 0.15) is 26.3 Å². The van der Waals surface area contributed by atoms with Crippen LogP contribution in [0.2, 0.25) is 0 Å². The minimum atomic E-state index is -0.287. The van der Waals surface area contributed by atoms with Crippen LogP contribution in [-0.4, -0.2) is 32.6 Å². The van der Waals surface area contributed by atoms with E-state index in [4.69, 9.17) is 0 Å². The Labute approximate surface area is 126 Å². The summed E-state index contributed by atoms with van der Waals surface area (Å²) in [6.45, 7) is 8.46. The van der Waals surface area contributed by atoms with Crippen molar-refractivity contribution in [1.82, 2.24) is 10.6 Å². The van der Waals surface area contributed by atoms with Gasteiger partial charge in [0, 0.05) is 20.1 Å². The summed E-state index contributed by atoms with van der Waals surface area (Å²) in [6, 6.07) is 5.18. The monoisotopic (exact) mass is 295 g/mol. The summed E-state index contributed by atoms with van der Waals surface area (Å²) >= 11 is 0. The van der Waals surface area contributed by atoms with Crippen LogP contribution < -0.4 is 15.5 Å². The lowest BCUT2D eigenvalue weighted by Gasteiger charge is -2.23. The van der Waals surface area contributed by atoms with Crippen molar-refractivity contribution in [3.8, 4) is 0 Å². The SMILES string of the molecule is CCN(CC(=O)NC)c1ccc(CNCC(C)C)cc1F. The first-order chi connectivity index (χ1) is 9.97. The molecule has 21 heavy (non-hydrogen) atoms. The summed E-state index contributed by atoms with van der Waals surface area (Å²) in [5, 5.41) is 5.84. The first-order valence-electron chi connectivity index (χ1n) is 7.42. The number of amides is 1. The molecule has 0 atom stereocenters. The van der Waals surface area contributed by atoms with Crippen molar-refractivity contribution >= 4 is 11.6 Å². The fourth-order valence-corrected chi connectivity index (χ4v) is 2.04. The third-order valence-electron chi connectivity index (χ3n) is 3.23. The fourth-order valence-electron chi connectivity index (χ4n) is 2.04. The number of benzene rings is 1. The highest BCUT2D eigenvalue weighted by Gasteiger charge is 2.13. The molecule has 1 aromatic carbocycles. The number of hydrogen-bond acceptors (Lipinski definition) is 3. The van der Waals surface area contributed by atoms with Gasteiger partial charge >= 0.3 is 0 Å². The highest BCUT2D eigenvalue weighted by molar-refractivity contribution is 5.81. The Balaban J connectivity index is 2.73. The second-order valence-corrected chi connectivity index (χ2v) is 5.50. The molecule has 0 unspecified atom stereocenters. The maximum absolute atomic E-state index is 14.2. The maximum atomic E-state index is 14.2. The van der Waals surface area contributed by atoms with Crippen molar-refractivity contribution < 1.29 is 9.18 Å². The van der Waals surface area contributed by atoms with Crippen LogP contribution in [0.15, 0.2) is 18.2 Å². The van der Waals surface area contributed by atoms with Gasteiger partial charge in [-0.25, -0.2) is 4.39 Å². The van der Waals surface area contributed by atoms with E-state index in [1.807, 2.05) is 13.0 Å². The third-order valence-corrected chi connectivity index (χ3v) is 3.23. The van der Waals surface area contributed by atoms with Gasteiger partial charge in [-0.2, -0.15) is 0 Å². The normalized spacial score (nSPS) is 10.8. The van der Waals surface area contributed by atoms with Crippen molar-refractivity contribution in [2.24, 2.45) is 5.92 Å². The predicted molar refractivity (Wildman–Crippen MR) is 84.9 cm³/mol. The molecule has 0 heterocycles. The van der Waals surface area contributed by atoms with E-state index >= 15 is 0 Å². The van der Waals surface area contributed by atoms with E-state index in [2.05, 4.69) is 24.5 Å². The second-order valence-electron chi connectivity index (χ2n) is 5.50. The van der Waals surface area contributed by atoms with Gasteiger partial charge in [0.05, 0.1) is 12.2 Å². The molecule has 0 aliphatic carbocycles. The van der Waals surface area contributed by atoms with Crippen LogP contribution in [0.5, 0.6) is 0 Å². The molecule has 118 valence electrons. The molecule has 1 rings (SSSR count). The Kier molecular flexibility index (Phi) is 7.15. The zero-order valence-corrected chi connectivity index (χ0v) is 13.4. The van der Waals surface area contributed by atoms with Crippen LogP contribution in [0.4, 0.5) is 10.1 Å². The Bertz CT molecular complexity index is 463. The van der Waals surface area contributed by atoms with Crippen LogP contribution >= 0.6 is 0 Å². The van der Waals surface area contributed by atoms with Crippen molar-refractivity contribution in [2.45, 2.75) is 27.3 Å². The van der Waals surface area contributed by atoms with E-state index in [0.29, 0.717) is 24.7 Å². The molecule has 4 nitrogen and oxygen atoms in total. The number of anilines is 1. The minimum absolute atomic E-state index is 0.126. The van der Waals surface area contributed by atoms with Gasteiger partial charge in [-0.1, -0.05) is 19.9 Å². The molecule has 2 N–H and O–H groups in total. The van der Waals surface area contributed by atoms with Gasteiger partial charge in [-0.15, -0.1) is 0 Å². The fraction of sp³-hybridized carbons (Fsp3) is 0.562. The zero-order valence-electron chi connectivity index (χ0n) is 13.4. The first kappa shape index (κ1) is 17.4. The van der Waals surface area contributed by atoms with E-state index in [1.54, 1.807) is 18.0 Å². The number of carbonyl (C=O) groups excluding carboxylic acids is 1. The lowest BCUT2D eigenvalue weighted by Crippen LogP contribution is -2.36. The number of likely N-dealkylation sites (N-methyl/N-ethyl adjacent to an activating group) is 2. The highest BCUT2D eigenvalue weighted by Crippen LogP contribution is 2.20. The summed E-state index contributed by atoms with van der Waals surface area (Å²) in [4.78, 5) is 13.2. The van der Waals surface area contributed by atoms with Crippen LogP contribution in [0, 0.1) is 11.7 Å². The smallest absolute Gasteiger partial charge is 0.239 e. The van der Waals surface area contributed by atoms with E-state index in [-0.39, 0.29) is 18.3 Å². The summed E-state index contributed by atoms with van der Waals surface area (Å²) in [5.41, 5.74) is 1.38. The molecule has 0 fully saturated rings. The molecular weight excluding hydrogens is 269 g/mol. The number of halogens is 1. The number of carbonyl (C=O) groups is 1. The quantitative estimate of drug-likeness (QED) is 0.772. The van der Waals surface area contributed by atoms with E-state index in [1.165, 1.54) is 6.07 Å². The molecule has 0 spiro atoms. The van der Waals surface area contributed by atoms with Crippen molar-refractivity contribution in [3.63, 3.8) is 0 Å². The van der Waals surface area contributed by atoms with Gasteiger partial charge in [-0.3, -0.25) is 4.79 Å². The van der Waals surface area contributed by atoms with Crippen molar-refractivity contribution in [2.75, 3.05) is 31.6 Å². The van der Waals surface area contributed by atoms with Crippen LogP contribution in [-0.2, 0) is 11.3 Å². The molecule has 0 saturated carbocycles. The van der Waals surface area contributed by atoms with E-state index in [9.17, 15) is 9.18 Å². The van der Waals surface area contributed by atoms with E-state index in [0.717, 1.165) is 12.1 Å². The lowest BCUT2D eigenvalue weighted by atomic mass is 10.1. The molecule has 0 bridgehead atoms. The number of nitrogens with one attached hydrogen (secondary N) is 2. The van der Waals surface area contributed by atoms with E-state index < -0.39 is 0 Å². The van der Waals surface area contributed by atoms with Crippen molar-refractivity contribution in [3.05, 3.63) is 29.6 Å². The molecule has 1 aromatic rings. The largest absolute Gasteiger partial charge is 0.360 e. The molecule has 0 radical (unpaired) electrons. The van der Waals surface area contributed by atoms with Gasteiger partial charge in [0.25, 0.3) is 0 Å². The molecule has 0 aromatic heterocycles. The molecular formula is C16H26FN3O. The van der Waals surface area contributed by atoms with Gasteiger partial charge in [-0.05, 0) is 37.1 Å². The molecule has 0 saturated heterocycles. The van der Waals surface area contributed by atoms with Crippen molar-refractivity contribution in [1.29, 1.82) is 0 Å². The highest BCUT2D eigenvalue weighted by atomic mass is 19.1. The van der Waals surface area contributed by atoms with Gasteiger partial charge in [0.15, 0.2) is 0 Å². The number of hydrogen-bond donors (Lipinski definition) is 2. The second kappa shape index (κ2) is 8.62. The summed E-state index contributed by atoms with van der Waals surface area (Å²) in [6.07, 6.45) is 0. The Hall–Kier alpha value is -1.62. The number of rotatable bonds is 8. The molecule has 1 amide bonds. The zero-order chi connectivity index (χ0) is 15.8. The molecule has 0 aliphatic heterocycles.